The minimum Gasteiger partial charge on any atom is -0.356 e. The highest BCUT2D eigenvalue weighted by Crippen LogP contribution is 2.21. The first kappa shape index (κ1) is 20.0. The number of alkyl halides is 1. The monoisotopic (exact) mass is 313 g/mol. The number of allylic oxidation sites excluding steroid dienone is 8. The third-order valence-corrected chi connectivity index (χ3v) is 2.96. The van der Waals surface area contributed by atoms with Crippen LogP contribution in [0.15, 0.2) is 59.0 Å². The molecule has 0 aromatic heterocycles. The third kappa shape index (κ3) is 6.61. The lowest BCUT2D eigenvalue weighted by Gasteiger charge is -2.13. The number of nitrogens with one attached hydrogen (secondary N) is 1. The molecule has 0 amide bonds. The van der Waals surface area contributed by atoms with E-state index in [9.17, 15) is 18.0 Å². The van der Waals surface area contributed by atoms with Crippen LogP contribution in [0.5, 0.6) is 0 Å². The predicted octanol–water partition coefficient (Wildman–Crippen LogP) is 4.99. The number of hydrogen-bond acceptors (Lipinski definition) is 2. The summed E-state index contributed by atoms with van der Waals surface area (Å²) in [5.41, 5.74) is 1.03. The van der Waals surface area contributed by atoms with Crippen LogP contribution in [-0.4, -0.2) is 13.0 Å². The van der Waals surface area contributed by atoms with Gasteiger partial charge in [-0.25, -0.2) is 8.78 Å². The van der Waals surface area contributed by atoms with E-state index < -0.39 is 18.3 Å². The standard InChI is InChI=1S/C17H22F3NO/c1-5-12(3)7-8-14(9-10-18)21-17(13(4)11-22)16(20)15(19)6-2/h6-8,11,21H,2,5,9-10H2,1,3-4H3/b12-7-,14-8+,16-15-,17-13-. The SMILES string of the molecule is C=C/C(F)=C(F)\C(N/C(=C/C=C(/C)CC)CCF)=C(/C)C=O. The average molecular weight is 313 g/mol. The van der Waals surface area contributed by atoms with E-state index in [-0.39, 0.29) is 17.7 Å². The second kappa shape index (κ2) is 10.7. The molecule has 1 N–H and O–H groups in total. The van der Waals surface area contributed by atoms with Crippen molar-refractivity contribution in [1.82, 2.24) is 5.32 Å². The van der Waals surface area contributed by atoms with Gasteiger partial charge in [0, 0.05) is 17.7 Å². The minimum absolute atomic E-state index is 0.00782. The predicted molar refractivity (Wildman–Crippen MR) is 84.1 cm³/mol. The molecule has 0 saturated heterocycles. The van der Waals surface area contributed by atoms with Crippen LogP contribution < -0.4 is 5.32 Å². The fourth-order valence-corrected chi connectivity index (χ4v) is 1.41. The molecular weight excluding hydrogens is 291 g/mol. The maximum absolute atomic E-state index is 14.0. The summed E-state index contributed by atoms with van der Waals surface area (Å²) >= 11 is 0. The Morgan fingerprint density at radius 3 is 2.32 bits per heavy atom. The zero-order valence-corrected chi connectivity index (χ0v) is 13.2. The Balaban J connectivity index is 5.70. The van der Waals surface area contributed by atoms with Crippen molar-refractivity contribution in [3.8, 4) is 0 Å². The lowest BCUT2D eigenvalue weighted by Crippen LogP contribution is -2.17. The Morgan fingerprint density at radius 2 is 1.86 bits per heavy atom. The van der Waals surface area contributed by atoms with Gasteiger partial charge in [0.2, 0.25) is 0 Å². The highest BCUT2D eigenvalue weighted by atomic mass is 19.2. The lowest BCUT2D eigenvalue weighted by atomic mass is 10.1. The van der Waals surface area contributed by atoms with Crippen LogP contribution in [0.4, 0.5) is 13.2 Å². The molecule has 0 saturated carbocycles. The molecule has 0 spiro atoms. The zero-order valence-electron chi connectivity index (χ0n) is 13.2. The van der Waals surface area contributed by atoms with E-state index in [2.05, 4.69) is 11.9 Å². The second-order valence-corrected chi connectivity index (χ2v) is 4.66. The van der Waals surface area contributed by atoms with Gasteiger partial charge in [-0.15, -0.1) is 0 Å². The largest absolute Gasteiger partial charge is 0.356 e. The number of aldehydes is 1. The summed E-state index contributed by atoms with van der Waals surface area (Å²) in [6.45, 7) is 7.67. The van der Waals surface area contributed by atoms with Gasteiger partial charge in [0.15, 0.2) is 11.7 Å². The molecule has 0 atom stereocenters. The molecule has 2 nitrogen and oxygen atoms in total. The van der Waals surface area contributed by atoms with Crippen molar-refractivity contribution in [2.24, 2.45) is 0 Å². The van der Waals surface area contributed by atoms with Crippen molar-refractivity contribution in [3.63, 3.8) is 0 Å². The van der Waals surface area contributed by atoms with Crippen molar-refractivity contribution >= 4 is 6.29 Å². The summed E-state index contributed by atoms with van der Waals surface area (Å²) in [5, 5.41) is 2.60. The van der Waals surface area contributed by atoms with Crippen molar-refractivity contribution in [1.29, 1.82) is 0 Å². The van der Waals surface area contributed by atoms with E-state index in [0.717, 1.165) is 12.0 Å². The fourth-order valence-electron chi connectivity index (χ4n) is 1.41. The highest BCUT2D eigenvalue weighted by molar-refractivity contribution is 5.75. The van der Waals surface area contributed by atoms with E-state index in [1.807, 2.05) is 13.8 Å². The molecule has 0 radical (unpaired) electrons. The van der Waals surface area contributed by atoms with Crippen LogP contribution in [0.2, 0.25) is 0 Å². The zero-order chi connectivity index (χ0) is 17.1. The maximum Gasteiger partial charge on any atom is 0.182 e. The Morgan fingerprint density at radius 1 is 1.23 bits per heavy atom. The smallest absolute Gasteiger partial charge is 0.182 e. The van der Waals surface area contributed by atoms with Crippen LogP contribution in [0, 0.1) is 0 Å². The van der Waals surface area contributed by atoms with Crippen LogP contribution in [0.1, 0.15) is 33.6 Å². The number of carbonyl (C=O) groups excluding carboxylic acids is 1. The molecule has 0 rings (SSSR count). The first-order valence-electron chi connectivity index (χ1n) is 6.94. The molecule has 0 aliphatic heterocycles. The first-order chi connectivity index (χ1) is 10.4. The second-order valence-electron chi connectivity index (χ2n) is 4.66. The molecule has 122 valence electrons. The van der Waals surface area contributed by atoms with Gasteiger partial charge >= 0.3 is 0 Å². The summed E-state index contributed by atoms with van der Waals surface area (Å²) in [6.07, 6.45) is 5.26. The Labute approximate surface area is 129 Å². The Kier molecular flexibility index (Phi) is 9.67. The van der Waals surface area contributed by atoms with Crippen LogP contribution >= 0.6 is 0 Å². The lowest BCUT2D eigenvalue weighted by molar-refractivity contribution is -0.104. The van der Waals surface area contributed by atoms with Crippen LogP contribution in [0.25, 0.3) is 0 Å². The average Bonchev–Trinajstić information content (AvgIpc) is 2.54. The van der Waals surface area contributed by atoms with E-state index in [1.54, 1.807) is 12.2 Å². The van der Waals surface area contributed by atoms with E-state index >= 15 is 0 Å². The number of rotatable bonds is 9. The number of carbonyl (C=O) groups is 1. The van der Waals surface area contributed by atoms with Crippen LogP contribution in [0.3, 0.4) is 0 Å². The van der Waals surface area contributed by atoms with E-state index in [0.29, 0.717) is 18.1 Å². The molecule has 0 aliphatic carbocycles. The quantitative estimate of drug-likeness (QED) is 0.369. The molecule has 0 unspecified atom stereocenters. The van der Waals surface area contributed by atoms with E-state index in [4.69, 9.17) is 0 Å². The number of halogens is 3. The van der Waals surface area contributed by atoms with Gasteiger partial charge in [-0.3, -0.25) is 9.18 Å². The molecule has 0 fully saturated rings. The molecule has 0 aromatic rings. The molecule has 0 aliphatic rings. The van der Waals surface area contributed by atoms with Crippen molar-refractivity contribution in [2.45, 2.75) is 33.6 Å². The minimum atomic E-state index is -1.24. The molecular formula is C17H22F3NO. The Bertz CT molecular complexity index is 528. The topological polar surface area (TPSA) is 29.1 Å². The van der Waals surface area contributed by atoms with Gasteiger partial charge in [-0.1, -0.05) is 25.2 Å². The normalized spacial score (nSPS) is 15.0. The van der Waals surface area contributed by atoms with Gasteiger partial charge in [0.25, 0.3) is 0 Å². The molecule has 5 heteroatoms. The molecule has 22 heavy (non-hydrogen) atoms. The van der Waals surface area contributed by atoms with Crippen molar-refractivity contribution in [3.05, 3.63) is 59.0 Å². The summed E-state index contributed by atoms with van der Waals surface area (Å²) < 4.78 is 40.0. The summed E-state index contributed by atoms with van der Waals surface area (Å²) in [7, 11) is 0. The van der Waals surface area contributed by atoms with Crippen molar-refractivity contribution in [2.75, 3.05) is 6.67 Å². The van der Waals surface area contributed by atoms with E-state index in [1.165, 1.54) is 6.92 Å². The van der Waals surface area contributed by atoms with Crippen LogP contribution in [-0.2, 0) is 4.79 Å². The summed E-state index contributed by atoms with van der Waals surface area (Å²) in [6, 6.07) is 0. The number of hydrogen-bond donors (Lipinski definition) is 1. The van der Waals surface area contributed by atoms with Gasteiger partial charge in [-0.05, 0) is 32.4 Å². The molecule has 0 bridgehead atoms. The first-order valence-corrected chi connectivity index (χ1v) is 6.94. The summed E-state index contributed by atoms with van der Waals surface area (Å²) in [5.74, 6) is -2.43. The summed E-state index contributed by atoms with van der Waals surface area (Å²) in [4.78, 5) is 10.9. The van der Waals surface area contributed by atoms with Gasteiger partial charge in [0.1, 0.15) is 6.29 Å². The van der Waals surface area contributed by atoms with Gasteiger partial charge in [0.05, 0.1) is 12.4 Å². The maximum atomic E-state index is 14.0. The van der Waals surface area contributed by atoms with Gasteiger partial charge < -0.3 is 5.32 Å². The van der Waals surface area contributed by atoms with Gasteiger partial charge in [-0.2, -0.15) is 0 Å². The Hall–Kier alpha value is -2.04. The highest BCUT2D eigenvalue weighted by Gasteiger charge is 2.14. The molecule has 0 aromatic carbocycles. The molecule has 0 heterocycles. The fraction of sp³-hybridized carbons (Fsp3) is 0.353. The van der Waals surface area contributed by atoms with Crippen molar-refractivity contribution < 1.29 is 18.0 Å². The third-order valence-electron chi connectivity index (χ3n) is 2.96.